The molecule has 0 aliphatic carbocycles. The van der Waals surface area contributed by atoms with Gasteiger partial charge in [-0.05, 0) is 44.6 Å². The zero-order valence-electron chi connectivity index (χ0n) is 15.4. The van der Waals surface area contributed by atoms with Crippen LogP contribution in [0.4, 0.5) is 0 Å². The van der Waals surface area contributed by atoms with Crippen molar-refractivity contribution in [3.8, 4) is 0 Å². The van der Waals surface area contributed by atoms with Crippen molar-refractivity contribution in [2.24, 2.45) is 4.99 Å². The van der Waals surface area contributed by atoms with Gasteiger partial charge in [-0.1, -0.05) is 12.1 Å². The first-order valence-corrected chi connectivity index (χ1v) is 8.57. The first-order valence-electron chi connectivity index (χ1n) is 8.57. The molecule has 1 heterocycles. The third-order valence-electron chi connectivity index (χ3n) is 4.10. The Balaban J connectivity index is 0.00000312. The Kier molecular flexibility index (Phi) is 9.81. The van der Waals surface area contributed by atoms with Gasteiger partial charge in [-0.25, -0.2) is 0 Å². The van der Waals surface area contributed by atoms with Crippen molar-refractivity contribution in [2.75, 3.05) is 47.3 Å². The topological polar surface area (TPSA) is 60.0 Å². The number of benzene rings is 1. The molecule has 0 bridgehead atoms. The molecule has 0 aromatic heterocycles. The molecule has 140 valence electrons. The number of halogens is 1. The number of likely N-dealkylation sites (tertiary alicyclic amines) is 1. The minimum Gasteiger partial charge on any atom is -0.352 e. The van der Waals surface area contributed by atoms with Crippen molar-refractivity contribution in [1.82, 2.24) is 20.4 Å². The lowest BCUT2D eigenvalue weighted by molar-refractivity contribution is 0.0951. The van der Waals surface area contributed by atoms with E-state index in [1.165, 1.54) is 12.8 Å². The summed E-state index contributed by atoms with van der Waals surface area (Å²) in [5.41, 5.74) is 1.78. The Hall–Kier alpha value is -1.35. The predicted molar refractivity (Wildman–Crippen MR) is 114 cm³/mol. The summed E-state index contributed by atoms with van der Waals surface area (Å²) in [6.07, 6.45) is 2.45. The largest absolute Gasteiger partial charge is 0.352 e. The van der Waals surface area contributed by atoms with E-state index >= 15 is 0 Å². The molecule has 1 aliphatic heterocycles. The van der Waals surface area contributed by atoms with E-state index in [1.54, 1.807) is 0 Å². The van der Waals surface area contributed by atoms with Crippen LogP contribution < -0.4 is 10.6 Å². The number of hydrogen-bond donors (Lipinski definition) is 2. The number of carbonyl (C=O) groups excluding carboxylic acids is 1. The summed E-state index contributed by atoms with van der Waals surface area (Å²) < 4.78 is 0. The highest BCUT2D eigenvalue weighted by Crippen LogP contribution is 2.09. The normalized spacial score (nSPS) is 14.4. The Bertz CT molecular complexity index is 570. The van der Waals surface area contributed by atoms with Gasteiger partial charge in [0.2, 0.25) is 0 Å². The van der Waals surface area contributed by atoms with Gasteiger partial charge < -0.3 is 20.4 Å². The SMILES string of the molecule is CN=C(NCc1cccc(C(=O)NCCN(C)C)c1)N1CCCC1.I. The molecule has 1 amide bonds. The van der Waals surface area contributed by atoms with E-state index in [4.69, 9.17) is 0 Å². The number of nitrogens with zero attached hydrogens (tertiary/aromatic N) is 3. The average Bonchev–Trinajstić information content (AvgIpc) is 3.10. The molecule has 1 fully saturated rings. The maximum atomic E-state index is 12.2. The number of nitrogens with one attached hydrogen (secondary N) is 2. The van der Waals surface area contributed by atoms with Gasteiger partial charge in [0.25, 0.3) is 5.91 Å². The predicted octanol–water partition coefficient (Wildman–Crippen LogP) is 1.77. The van der Waals surface area contributed by atoms with E-state index < -0.39 is 0 Å². The lowest BCUT2D eigenvalue weighted by Gasteiger charge is -2.21. The summed E-state index contributed by atoms with van der Waals surface area (Å²) >= 11 is 0. The number of likely N-dealkylation sites (N-methyl/N-ethyl adjacent to an activating group) is 1. The zero-order valence-corrected chi connectivity index (χ0v) is 17.7. The van der Waals surface area contributed by atoms with Crippen molar-refractivity contribution in [1.29, 1.82) is 0 Å². The molecule has 1 aromatic carbocycles. The van der Waals surface area contributed by atoms with Crippen LogP contribution in [0.1, 0.15) is 28.8 Å². The second kappa shape index (κ2) is 11.3. The number of aliphatic imine (C=N–C) groups is 1. The fraction of sp³-hybridized carbons (Fsp3) is 0.556. The van der Waals surface area contributed by atoms with Crippen LogP contribution in [0, 0.1) is 0 Å². The van der Waals surface area contributed by atoms with Crippen molar-refractivity contribution in [3.05, 3.63) is 35.4 Å². The highest BCUT2D eigenvalue weighted by molar-refractivity contribution is 14.0. The number of hydrogen-bond acceptors (Lipinski definition) is 3. The standard InChI is InChI=1S/C18H29N5O.HI/c1-19-18(23-10-4-5-11-23)21-14-15-7-6-8-16(13-15)17(24)20-9-12-22(2)3;/h6-8,13H,4-5,9-12,14H2,1-3H3,(H,19,21)(H,20,24);1H. The molecule has 2 rings (SSSR count). The third-order valence-corrected chi connectivity index (χ3v) is 4.10. The van der Waals surface area contributed by atoms with Crippen LogP contribution in [0.2, 0.25) is 0 Å². The minimum absolute atomic E-state index is 0. The quantitative estimate of drug-likeness (QED) is 0.387. The van der Waals surface area contributed by atoms with Gasteiger partial charge in [0.1, 0.15) is 0 Å². The fourth-order valence-corrected chi connectivity index (χ4v) is 2.76. The van der Waals surface area contributed by atoms with E-state index in [-0.39, 0.29) is 29.9 Å². The molecular weight excluding hydrogens is 429 g/mol. The fourth-order valence-electron chi connectivity index (χ4n) is 2.76. The molecule has 0 spiro atoms. The third kappa shape index (κ3) is 7.19. The lowest BCUT2D eigenvalue weighted by atomic mass is 10.1. The number of carbonyl (C=O) groups is 1. The van der Waals surface area contributed by atoms with Crippen LogP contribution in [0.25, 0.3) is 0 Å². The summed E-state index contributed by atoms with van der Waals surface area (Å²) in [5.74, 6) is 0.913. The van der Waals surface area contributed by atoms with Crippen LogP contribution in [0.5, 0.6) is 0 Å². The van der Waals surface area contributed by atoms with Gasteiger partial charge in [-0.15, -0.1) is 24.0 Å². The van der Waals surface area contributed by atoms with Gasteiger partial charge in [0, 0.05) is 45.3 Å². The Morgan fingerprint density at radius 1 is 1.24 bits per heavy atom. The number of guanidine groups is 1. The minimum atomic E-state index is -0.0253. The van der Waals surface area contributed by atoms with Gasteiger partial charge >= 0.3 is 0 Å². The molecule has 2 N–H and O–H groups in total. The van der Waals surface area contributed by atoms with E-state index in [9.17, 15) is 4.79 Å². The lowest BCUT2D eigenvalue weighted by Crippen LogP contribution is -2.39. The van der Waals surface area contributed by atoms with Crippen molar-refractivity contribution < 1.29 is 4.79 Å². The maximum Gasteiger partial charge on any atom is 0.251 e. The molecule has 1 saturated heterocycles. The molecule has 0 saturated carbocycles. The first kappa shape index (κ1) is 21.7. The molecule has 1 aromatic rings. The average molecular weight is 459 g/mol. The van der Waals surface area contributed by atoms with Gasteiger partial charge in [-0.2, -0.15) is 0 Å². The molecule has 0 radical (unpaired) electrons. The van der Waals surface area contributed by atoms with Crippen LogP contribution in [-0.2, 0) is 6.54 Å². The molecule has 7 heteroatoms. The van der Waals surface area contributed by atoms with Gasteiger partial charge in [-0.3, -0.25) is 9.79 Å². The van der Waals surface area contributed by atoms with Crippen molar-refractivity contribution >= 4 is 35.8 Å². The second-order valence-electron chi connectivity index (χ2n) is 6.35. The molecule has 25 heavy (non-hydrogen) atoms. The highest BCUT2D eigenvalue weighted by atomic mass is 127. The number of rotatable bonds is 6. The summed E-state index contributed by atoms with van der Waals surface area (Å²) in [5, 5.41) is 6.33. The van der Waals surface area contributed by atoms with Crippen LogP contribution in [-0.4, -0.2) is 69.0 Å². The molecule has 6 nitrogen and oxygen atoms in total. The monoisotopic (exact) mass is 459 g/mol. The molecule has 0 atom stereocenters. The van der Waals surface area contributed by atoms with Crippen LogP contribution in [0.15, 0.2) is 29.3 Å². The maximum absolute atomic E-state index is 12.2. The summed E-state index contributed by atoms with van der Waals surface area (Å²) in [6.45, 7) is 4.28. The first-order chi connectivity index (χ1) is 11.6. The smallest absolute Gasteiger partial charge is 0.251 e. The number of amides is 1. The van der Waals surface area contributed by atoms with Gasteiger partial charge in [0.05, 0.1) is 0 Å². The Morgan fingerprint density at radius 2 is 1.96 bits per heavy atom. The zero-order chi connectivity index (χ0) is 17.4. The summed E-state index contributed by atoms with van der Waals surface area (Å²) in [6, 6.07) is 7.75. The van der Waals surface area contributed by atoms with Crippen molar-refractivity contribution in [3.63, 3.8) is 0 Å². The summed E-state index contributed by atoms with van der Waals surface area (Å²) in [7, 11) is 5.80. The molecule has 0 unspecified atom stereocenters. The van der Waals surface area contributed by atoms with E-state index in [0.29, 0.717) is 18.7 Å². The van der Waals surface area contributed by atoms with E-state index in [0.717, 1.165) is 31.2 Å². The van der Waals surface area contributed by atoms with E-state index in [2.05, 4.69) is 20.5 Å². The van der Waals surface area contributed by atoms with Crippen LogP contribution >= 0.6 is 24.0 Å². The molecule has 1 aliphatic rings. The van der Waals surface area contributed by atoms with Crippen molar-refractivity contribution in [2.45, 2.75) is 19.4 Å². The van der Waals surface area contributed by atoms with Crippen LogP contribution in [0.3, 0.4) is 0 Å². The van der Waals surface area contributed by atoms with Gasteiger partial charge in [0.15, 0.2) is 5.96 Å². The highest BCUT2D eigenvalue weighted by Gasteiger charge is 2.15. The Labute approximate surface area is 168 Å². The molecular formula is C18H30IN5O. The summed E-state index contributed by atoms with van der Waals surface area (Å²) in [4.78, 5) is 20.9. The second-order valence-corrected chi connectivity index (χ2v) is 6.35. The van der Waals surface area contributed by atoms with E-state index in [1.807, 2.05) is 50.3 Å². The Morgan fingerprint density at radius 3 is 2.60 bits per heavy atom.